The zero-order chi connectivity index (χ0) is 33.5. The monoisotopic (exact) mass is 658 g/mol. The highest BCUT2D eigenvalue weighted by Crippen LogP contribution is 2.20. The van der Waals surface area contributed by atoms with Crippen molar-refractivity contribution in [1.82, 2.24) is 30.8 Å². The summed E-state index contributed by atoms with van der Waals surface area (Å²) in [6.07, 6.45) is 7.72. The molecule has 2 aromatic rings. The van der Waals surface area contributed by atoms with E-state index >= 15 is 0 Å². The highest BCUT2D eigenvalue weighted by atomic mass is 32.2. The average molecular weight is 659 g/mol. The van der Waals surface area contributed by atoms with Crippen molar-refractivity contribution in [3.63, 3.8) is 0 Å². The molecule has 46 heavy (non-hydrogen) atoms. The number of thioether (sulfide) groups is 1. The summed E-state index contributed by atoms with van der Waals surface area (Å²) < 4.78 is 0. The van der Waals surface area contributed by atoms with Crippen molar-refractivity contribution in [2.75, 3.05) is 25.1 Å². The molecule has 1 fully saturated rings. The molecule has 9 N–H and O–H groups in total. The third-order valence-corrected chi connectivity index (χ3v) is 8.52. The predicted molar refractivity (Wildman–Crippen MR) is 174 cm³/mol. The number of H-pyrrole nitrogens is 1. The number of carboxylic acid groups (broad SMARTS) is 1. The van der Waals surface area contributed by atoms with Crippen LogP contribution in [0.4, 0.5) is 0 Å². The number of benzene rings is 1. The lowest BCUT2D eigenvalue weighted by molar-refractivity contribution is -0.149. The van der Waals surface area contributed by atoms with E-state index in [1.807, 2.05) is 36.6 Å². The van der Waals surface area contributed by atoms with E-state index in [0.29, 0.717) is 50.1 Å². The molecule has 14 nitrogen and oxygen atoms in total. The van der Waals surface area contributed by atoms with E-state index in [0.717, 1.165) is 5.56 Å². The summed E-state index contributed by atoms with van der Waals surface area (Å²) >= 11 is 1.56. The molecule has 252 valence electrons. The fourth-order valence-electron chi connectivity index (χ4n) is 5.32. The standard InChI is InChI=1S/C31H46N8O6S/c1-46-15-12-22(33)27(40)37-24(16-20-8-3-2-4-9-20)28(41)38-25(17-21-18-34-19-35-21)29(42)36-23(10-5-6-13-32)30(43)39-14-7-11-26(39)31(44)45/h2-4,8-9,18-19,22-26H,5-7,10-17,32-33H2,1H3,(H,34,35)(H,36,42)(H,37,40)(H,38,41)(H,44,45)/t22-,23-,24-,25-,26-/m0/s1. The number of aromatic nitrogens is 2. The van der Waals surface area contributed by atoms with Crippen LogP contribution in [0.25, 0.3) is 0 Å². The summed E-state index contributed by atoms with van der Waals surface area (Å²) in [5.74, 6) is -2.64. The molecular formula is C31H46N8O6S. The minimum absolute atomic E-state index is 0.0159. The maximum atomic E-state index is 13.8. The second-order valence-corrected chi connectivity index (χ2v) is 12.3. The molecule has 2 heterocycles. The molecule has 5 atom stereocenters. The van der Waals surface area contributed by atoms with E-state index in [-0.39, 0.29) is 25.8 Å². The molecule has 0 radical (unpaired) electrons. The largest absolute Gasteiger partial charge is 0.480 e. The number of rotatable bonds is 19. The molecule has 3 rings (SSSR count). The maximum absolute atomic E-state index is 13.8. The second kappa shape index (κ2) is 18.9. The lowest BCUT2D eigenvalue weighted by Gasteiger charge is -2.29. The van der Waals surface area contributed by atoms with Gasteiger partial charge in [-0.1, -0.05) is 30.3 Å². The van der Waals surface area contributed by atoms with E-state index < -0.39 is 59.8 Å². The molecule has 0 spiro atoms. The Bertz CT molecular complexity index is 1280. The van der Waals surface area contributed by atoms with Gasteiger partial charge in [0.2, 0.25) is 23.6 Å². The summed E-state index contributed by atoms with van der Waals surface area (Å²) in [6, 6.07) is 4.13. The average Bonchev–Trinajstić information content (AvgIpc) is 3.75. The van der Waals surface area contributed by atoms with Gasteiger partial charge in [-0.15, -0.1) is 0 Å². The number of carbonyl (C=O) groups excluding carboxylic acids is 4. The maximum Gasteiger partial charge on any atom is 0.326 e. The Labute approximate surface area is 273 Å². The van der Waals surface area contributed by atoms with Crippen LogP contribution in [0.3, 0.4) is 0 Å². The van der Waals surface area contributed by atoms with Gasteiger partial charge in [-0.05, 0) is 62.6 Å². The molecule has 15 heteroatoms. The Morgan fingerprint density at radius 3 is 2.30 bits per heavy atom. The van der Waals surface area contributed by atoms with Crippen LogP contribution in [-0.2, 0) is 36.8 Å². The van der Waals surface area contributed by atoms with Gasteiger partial charge in [-0.25, -0.2) is 9.78 Å². The first-order valence-electron chi connectivity index (χ1n) is 15.5. The van der Waals surface area contributed by atoms with Crippen molar-refractivity contribution in [2.45, 2.75) is 81.6 Å². The number of unbranched alkanes of at least 4 members (excludes halogenated alkanes) is 1. The van der Waals surface area contributed by atoms with Crippen LogP contribution in [0.2, 0.25) is 0 Å². The molecule has 0 bridgehead atoms. The number of imidazole rings is 1. The molecule has 0 aliphatic carbocycles. The highest BCUT2D eigenvalue weighted by Gasteiger charge is 2.38. The number of likely N-dealkylation sites (tertiary alicyclic amines) is 1. The predicted octanol–water partition coefficient (Wildman–Crippen LogP) is -0.0657. The van der Waals surface area contributed by atoms with Gasteiger partial charge in [-0.3, -0.25) is 19.2 Å². The first kappa shape index (κ1) is 36.5. The Hall–Kier alpha value is -3.95. The van der Waals surface area contributed by atoms with Gasteiger partial charge in [0.1, 0.15) is 24.2 Å². The van der Waals surface area contributed by atoms with Crippen LogP contribution < -0.4 is 27.4 Å². The topological polar surface area (TPSA) is 226 Å². The SMILES string of the molecule is CSCC[C@H](N)C(=O)N[C@@H](Cc1ccccc1)C(=O)N[C@@H](Cc1cnc[nH]1)C(=O)N[C@@H](CCCCN)C(=O)N1CCC[C@H]1C(=O)O. The summed E-state index contributed by atoms with van der Waals surface area (Å²) in [6.45, 7) is 0.664. The number of carbonyl (C=O) groups is 5. The number of carboxylic acids is 1. The molecular weight excluding hydrogens is 612 g/mol. The zero-order valence-corrected chi connectivity index (χ0v) is 27.0. The molecule has 1 aliphatic rings. The van der Waals surface area contributed by atoms with Crippen molar-refractivity contribution in [3.8, 4) is 0 Å². The van der Waals surface area contributed by atoms with Gasteiger partial charge in [0.25, 0.3) is 0 Å². The second-order valence-electron chi connectivity index (χ2n) is 11.4. The molecule has 1 aromatic carbocycles. The van der Waals surface area contributed by atoms with E-state index in [1.54, 1.807) is 11.8 Å². The van der Waals surface area contributed by atoms with Crippen molar-refractivity contribution < 1.29 is 29.1 Å². The van der Waals surface area contributed by atoms with E-state index in [2.05, 4.69) is 25.9 Å². The minimum atomic E-state index is -1.16. The van der Waals surface area contributed by atoms with Crippen LogP contribution >= 0.6 is 11.8 Å². The van der Waals surface area contributed by atoms with Crippen LogP contribution in [0, 0.1) is 0 Å². The van der Waals surface area contributed by atoms with Crippen molar-refractivity contribution in [3.05, 3.63) is 54.1 Å². The number of nitrogens with zero attached hydrogens (tertiary/aromatic N) is 2. The number of aliphatic carboxylic acids is 1. The fraction of sp³-hybridized carbons (Fsp3) is 0.548. The lowest BCUT2D eigenvalue weighted by atomic mass is 10.0. The summed E-state index contributed by atoms with van der Waals surface area (Å²) in [7, 11) is 0. The first-order chi connectivity index (χ1) is 22.1. The van der Waals surface area contributed by atoms with Gasteiger partial charge in [0.05, 0.1) is 12.4 Å². The third-order valence-electron chi connectivity index (χ3n) is 7.88. The minimum Gasteiger partial charge on any atom is -0.480 e. The van der Waals surface area contributed by atoms with E-state index in [4.69, 9.17) is 11.5 Å². The number of hydrogen-bond acceptors (Lipinski definition) is 9. The number of hydrogen-bond donors (Lipinski definition) is 7. The summed E-state index contributed by atoms with van der Waals surface area (Å²) in [5, 5.41) is 18.0. The Balaban J connectivity index is 1.83. The molecule has 0 saturated carbocycles. The quantitative estimate of drug-likeness (QED) is 0.0995. The third kappa shape index (κ3) is 11.1. The fourth-order valence-corrected chi connectivity index (χ4v) is 5.81. The molecule has 1 aromatic heterocycles. The van der Waals surface area contributed by atoms with Crippen LogP contribution in [0.1, 0.15) is 49.8 Å². The number of nitrogens with two attached hydrogens (primary N) is 2. The van der Waals surface area contributed by atoms with E-state index in [9.17, 15) is 29.1 Å². The Morgan fingerprint density at radius 2 is 1.67 bits per heavy atom. The lowest BCUT2D eigenvalue weighted by Crippen LogP contribution is -2.59. The van der Waals surface area contributed by atoms with Crippen LogP contribution in [0.5, 0.6) is 0 Å². The number of nitrogens with one attached hydrogen (secondary N) is 4. The van der Waals surface area contributed by atoms with Gasteiger partial charge in [0.15, 0.2) is 0 Å². The highest BCUT2D eigenvalue weighted by molar-refractivity contribution is 7.98. The summed E-state index contributed by atoms with van der Waals surface area (Å²) in [5.41, 5.74) is 13.1. The number of aromatic amines is 1. The number of amides is 4. The van der Waals surface area contributed by atoms with Crippen LogP contribution in [-0.4, -0.2) is 105 Å². The van der Waals surface area contributed by atoms with Crippen molar-refractivity contribution in [2.24, 2.45) is 11.5 Å². The zero-order valence-electron chi connectivity index (χ0n) is 26.2. The van der Waals surface area contributed by atoms with E-state index in [1.165, 1.54) is 17.4 Å². The molecule has 4 amide bonds. The molecule has 1 saturated heterocycles. The van der Waals surface area contributed by atoms with Crippen molar-refractivity contribution in [1.29, 1.82) is 0 Å². The van der Waals surface area contributed by atoms with Gasteiger partial charge >= 0.3 is 5.97 Å². The van der Waals surface area contributed by atoms with Crippen LogP contribution in [0.15, 0.2) is 42.9 Å². The smallest absolute Gasteiger partial charge is 0.326 e. The van der Waals surface area contributed by atoms with Crippen molar-refractivity contribution >= 4 is 41.4 Å². The Morgan fingerprint density at radius 1 is 1.00 bits per heavy atom. The Kier molecular flexibility index (Phi) is 15.0. The summed E-state index contributed by atoms with van der Waals surface area (Å²) in [4.78, 5) is 74.2. The molecule has 0 unspecified atom stereocenters. The normalized spacial score (nSPS) is 17.0. The van der Waals surface area contributed by atoms with Gasteiger partial charge < -0.3 is 42.4 Å². The molecule has 1 aliphatic heterocycles. The van der Waals surface area contributed by atoms with Gasteiger partial charge in [0, 0.05) is 31.3 Å². The van der Waals surface area contributed by atoms with Gasteiger partial charge in [-0.2, -0.15) is 11.8 Å². The first-order valence-corrected chi connectivity index (χ1v) is 16.9.